The van der Waals surface area contributed by atoms with Crippen molar-refractivity contribution in [3.8, 4) is 0 Å². The number of nitrogens with zero attached hydrogens (tertiary/aromatic N) is 1. The lowest BCUT2D eigenvalue weighted by atomic mass is 10.1. The summed E-state index contributed by atoms with van der Waals surface area (Å²) in [6.07, 6.45) is 1.63. The summed E-state index contributed by atoms with van der Waals surface area (Å²) in [5.41, 5.74) is 3.26. The van der Waals surface area contributed by atoms with Crippen molar-refractivity contribution in [3.05, 3.63) is 70.3 Å². The normalized spacial score (nSPS) is 14.6. The van der Waals surface area contributed by atoms with Gasteiger partial charge >= 0.3 is 5.97 Å². The van der Waals surface area contributed by atoms with Crippen LogP contribution in [0.5, 0.6) is 0 Å². The molecular weight excluding hydrogens is 322 g/mol. The Morgan fingerprint density at radius 1 is 1.08 bits per heavy atom. The molecule has 0 spiro atoms. The molecule has 0 aromatic heterocycles. The van der Waals surface area contributed by atoms with E-state index in [2.05, 4.69) is 29.9 Å². The molecular formula is C19H17NO3S. The number of thioether (sulfide) groups is 1. The average Bonchev–Trinajstić information content (AvgIpc) is 2.90. The van der Waals surface area contributed by atoms with Crippen LogP contribution in [0.25, 0.3) is 0 Å². The molecule has 1 aliphatic heterocycles. The molecule has 0 bridgehead atoms. The van der Waals surface area contributed by atoms with E-state index in [0.717, 1.165) is 15.6 Å². The van der Waals surface area contributed by atoms with Crippen LogP contribution >= 0.6 is 11.8 Å². The molecule has 2 aromatic carbocycles. The quantitative estimate of drug-likeness (QED) is 0.480. The molecule has 5 heteroatoms. The van der Waals surface area contributed by atoms with Crippen molar-refractivity contribution in [2.75, 3.05) is 19.1 Å². The Hall–Kier alpha value is -2.53. The van der Waals surface area contributed by atoms with Gasteiger partial charge in [0.1, 0.15) is 0 Å². The first-order valence-electron chi connectivity index (χ1n) is 7.46. The summed E-state index contributed by atoms with van der Waals surface area (Å²) in [5.74, 6) is -0.505. The predicted molar refractivity (Wildman–Crippen MR) is 95.6 cm³/mol. The summed E-state index contributed by atoms with van der Waals surface area (Å²) < 4.78 is 4.66. The molecule has 24 heavy (non-hydrogen) atoms. The molecule has 4 nitrogen and oxygen atoms in total. The third kappa shape index (κ3) is 3.08. The van der Waals surface area contributed by atoms with Crippen LogP contribution < -0.4 is 4.90 Å². The van der Waals surface area contributed by atoms with Crippen LogP contribution in [-0.4, -0.2) is 25.9 Å². The van der Waals surface area contributed by atoms with Crippen molar-refractivity contribution >= 4 is 29.2 Å². The van der Waals surface area contributed by atoms with Crippen molar-refractivity contribution in [3.63, 3.8) is 0 Å². The van der Waals surface area contributed by atoms with Crippen LogP contribution in [0.3, 0.4) is 0 Å². The number of anilines is 1. The number of carbonyl (C=O) groups is 2. The third-order valence-electron chi connectivity index (χ3n) is 3.87. The van der Waals surface area contributed by atoms with E-state index in [1.54, 1.807) is 42.1 Å². The summed E-state index contributed by atoms with van der Waals surface area (Å²) in [4.78, 5) is 27.1. The molecule has 2 aromatic rings. The Kier molecular flexibility index (Phi) is 4.44. The van der Waals surface area contributed by atoms with Crippen LogP contribution in [0, 0.1) is 6.92 Å². The molecule has 0 saturated heterocycles. The van der Waals surface area contributed by atoms with Gasteiger partial charge in [0.2, 0.25) is 0 Å². The Labute approximate surface area is 145 Å². The van der Waals surface area contributed by atoms with E-state index >= 15 is 0 Å². The molecule has 0 unspecified atom stereocenters. The van der Waals surface area contributed by atoms with E-state index in [9.17, 15) is 9.59 Å². The fourth-order valence-electron chi connectivity index (χ4n) is 2.49. The van der Waals surface area contributed by atoms with Gasteiger partial charge in [0.25, 0.3) is 0 Å². The molecule has 1 aliphatic rings. The second kappa shape index (κ2) is 6.53. The van der Waals surface area contributed by atoms with Gasteiger partial charge in [0.05, 0.1) is 23.4 Å². The van der Waals surface area contributed by atoms with Gasteiger partial charge in [-0.25, -0.2) is 4.79 Å². The molecule has 0 aliphatic carbocycles. The highest BCUT2D eigenvalue weighted by molar-refractivity contribution is 8.03. The van der Waals surface area contributed by atoms with Crippen molar-refractivity contribution < 1.29 is 14.3 Å². The third-order valence-corrected chi connectivity index (χ3v) is 5.03. The highest BCUT2D eigenvalue weighted by Crippen LogP contribution is 2.45. The lowest BCUT2D eigenvalue weighted by Gasteiger charge is -2.13. The van der Waals surface area contributed by atoms with E-state index in [0.29, 0.717) is 11.1 Å². The van der Waals surface area contributed by atoms with E-state index in [4.69, 9.17) is 0 Å². The number of methoxy groups -OCH3 is 1. The topological polar surface area (TPSA) is 46.6 Å². The van der Waals surface area contributed by atoms with Crippen molar-refractivity contribution in [1.82, 2.24) is 0 Å². The van der Waals surface area contributed by atoms with Gasteiger partial charge < -0.3 is 9.64 Å². The standard InChI is InChI=1S/C19H17NO3S/c1-12-4-9-17-15(10-12)20(2)18(24-17)11-16(21)13-5-7-14(8-6-13)19(22)23-3/h4-11H,1-3H3/b18-11+. The number of fused-ring (bicyclic) bond motifs is 1. The highest BCUT2D eigenvalue weighted by Gasteiger charge is 2.23. The number of aryl methyl sites for hydroxylation is 1. The maximum absolute atomic E-state index is 12.5. The number of ether oxygens (including phenoxy) is 1. The lowest BCUT2D eigenvalue weighted by Crippen LogP contribution is -2.11. The number of esters is 1. The second-order valence-electron chi connectivity index (χ2n) is 5.55. The number of hydrogen-bond donors (Lipinski definition) is 0. The minimum absolute atomic E-state index is 0.0923. The Morgan fingerprint density at radius 3 is 2.42 bits per heavy atom. The smallest absolute Gasteiger partial charge is 0.337 e. The summed E-state index contributed by atoms with van der Waals surface area (Å²) in [6.45, 7) is 2.05. The fourth-order valence-corrected chi connectivity index (χ4v) is 3.55. The minimum Gasteiger partial charge on any atom is -0.465 e. The zero-order chi connectivity index (χ0) is 17.3. The van der Waals surface area contributed by atoms with E-state index in [1.807, 2.05) is 11.9 Å². The Balaban J connectivity index is 1.82. The molecule has 122 valence electrons. The van der Waals surface area contributed by atoms with Gasteiger partial charge in [0, 0.05) is 23.6 Å². The molecule has 0 atom stereocenters. The largest absolute Gasteiger partial charge is 0.465 e. The van der Waals surface area contributed by atoms with Crippen LogP contribution in [0.2, 0.25) is 0 Å². The Bertz CT molecular complexity index is 840. The number of hydrogen-bond acceptors (Lipinski definition) is 5. The zero-order valence-corrected chi connectivity index (χ0v) is 14.5. The van der Waals surface area contributed by atoms with Crippen molar-refractivity contribution in [1.29, 1.82) is 0 Å². The maximum Gasteiger partial charge on any atom is 0.337 e. The molecule has 0 N–H and O–H groups in total. The molecule has 0 radical (unpaired) electrons. The van der Waals surface area contributed by atoms with Gasteiger partial charge in [-0.05, 0) is 36.8 Å². The number of rotatable bonds is 3. The summed E-state index contributed by atoms with van der Waals surface area (Å²) in [6, 6.07) is 12.7. The SMILES string of the molecule is COC(=O)c1ccc(C(=O)/C=C2/Sc3ccc(C)cc3N2C)cc1. The van der Waals surface area contributed by atoms with E-state index in [-0.39, 0.29) is 5.78 Å². The summed E-state index contributed by atoms with van der Waals surface area (Å²) >= 11 is 1.58. The molecule has 0 fully saturated rings. The second-order valence-corrected chi connectivity index (χ2v) is 6.61. The van der Waals surface area contributed by atoms with Crippen LogP contribution in [0.1, 0.15) is 26.3 Å². The van der Waals surface area contributed by atoms with Gasteiger partial charge in [-0.2, -0.15) is 0 Å². The molecule has 1 heterocycles. The first kappa shape index (κ1) is 16.3. The van der Waals surface area contributed by atoms with E-state index < -0.39 is 5.97 Å². The van der Waals surface area contributed by atoms with Gasteiger partial charge in [-0.1, -0.05) is 30.0 Å². The maximum atomic E-state index is 12.5. The first-order valence-corrected chi connectivity index (χ1v) is 8.28. The van der Waals surface area contributed by atoms with Gasteiger partial charge in [-0.15, -0.1) is 0 Å². The number of carbonyl (C=O) groups excluding carboxylic acids is 2. The zero-order valence-electron chi connectivity index (χ0n) is 13.7. The van der Waals surface area contributed by atoms with Crippen molar-refractivity contribution in [2.24, 2.45) is 0 Å². The Morgan fingerprint density at radius 2 is 1.75 bits per heavy atom. The molecule has 3 rings (SSSR count). The predicted octanol–water partition coefficient (Wildman–Crippen LogP) is 4.05. The molecule has 0 amide bonds. The lowest BCUT2D eigenvalue weighted by molar-refractivity contribution is 0.0600. The monoisotopic (exact) mass is 339 g/mol. The first-order chi connectivity index (χ1) is 11.5. The molecule has 0 saturated carbocycles. The van der Waals surface area contributed by atoms with Gasteiger partial charge in [0.15, 0.2) is 5.78 Å². The summed E-state index contributed by atoms with van der Waals surface area (Å²) in [5, 5.41) is 0.887. The highest BCUT2D eigenvalue weighted by atomic mass is 32.2. The summed E-state index contributed by atoms with van der Waals surface area (Å²) in [7, 11) is 3.29. The van der Waals surface area contributed by atoms with Crippen LogP contribution in [-0.2, 0) is 4.74 Å². The van der Waals surface area contributed by atoms with Gasteiger partial charge in [-0.3, -0.25) is 4.79 Å². The number of ketones is 1. The minimum atomic E-state index is -0.413. The average molecular weight is 339 g/mol. The number of allylic oxidation sites excluding steroid dienone is 1. The number of benzene rings is 2. The van der Waals surface area contributed by atoms with Crippen LogP contribution in [0.4, 0.5) is 5.69 Å². The van der Waals surface area contributed by atoms with Crippen molar-refractivity contribution in [2.45, 2.75) is 11.8 Å². The van der Waals surface area contributed by atoms with Crippen LogP contribution in [0.15, 0.2) is 58.5 Å². The fraction of sp³-hybridized carbons (Fsp3) is 0.158. The van der Waals surface area contributed by atoms with E-state index in [1.165, 1.54) is 12.7 Å².